The zero-order valence-corrected chi connectivity index (χ0v) is 42.4. The lowest BCUT2D eigenvalue weighted by Gasteiger charge is -2.54. The molecular formula is C54H64ClF4N9O5. The molecule has 2 aromatic carbocycles. The van der Waals surface area contributed by atoms with Crippen LogP contribution in [0.15, 0.2) is 48.7 Å². The molecule has 12 rings (SSSR count). The Morgan fingerprint density at radius 3 is 2.29 bits per heavy atom. The van der Waals surface area contributed by atoms with Crippen LogP contribution in [0.1, 0.15) is 130 Å². The van der Waals surface area contributed by atoms with E-state index in [1.54, 1.807) is 17.0 Å². The fraction of sp³-hybridized carbons (Fsp3) is 0.593. The zero-order chi connectivity index (χ0) is 51.4. The Morgan fingerprint density at radius 2 is 1.62 bits per heavy atom. The summed E-state index contributed by atoms with van der Waals surface area (Å²) in [6.07, 6.45) is 3.22. The highest BCUT2D eigenvalue weighted by Gasteiger charge is 2.63. The molecule has 4 saturated heterocycles. The summed E-state index contributed by atoms with van der Waals surface area (Å²) in [5, 5.41) is 12.5. The number of fused-ring (bicyclic) bond motifs is 6. The second kappa shape index (κ2) is 18.2. The number of nitrogens with one attached hydrogen (secondary N) is 4. The monoisotopic (exact) mass is 1030 g/mol. The standard InChI is InChI=1S/C54H64ClF4N9O5/c1-50(2,3)27-41-53(30-61-38-26-40(54(57,58)59)60-28-36(38)53)43(35-5-4-6-37(55)44(35)56)45(62-41)47(71)64-52-16-13-51(14-17-52,15-18-52)49(73)67-19-11-32(12-20-67)65-21-23-66(24-22-65)33-7-8-34-31(25-33)29-68(48(34)72)39-9-10-42(69)63-46(39)70/h4-8,25-26,28,32,39,41,43,45,61-62H,9-24,27,29-30H2,1-3H3,(H,64,71)(H,63,69,70)/t39?,41-,43-,45+,51?,52?,53-/m0/s1. The third kappa shape index (κ3) is 8.73. The van der Waals surface area contributed by atoms with Crippen molar-refractivity contribution in [2.75, 3.05) is 56.0 Å². The van der Waals surface area contributed by atoms with Crippen molar-refractivity contribution in [1.29, 1.82) is 0 Å². The summed E-state index contributed by atoms with van der Waals surface area (Å²) >= 11 is 6.43. The van der Waals surface area contributed by atoms with E-state index in [9.17, 15) is 32.3 Å². The zero-order valence-electron chi connectivity index (χ0n) is 41.6. The number of carbonyl (C=O) groups is 5. The van der Waals surface area contributed by atoms with Gasteiger partial charge in [0.15, 0.2) is 0 Å². The molecule has 3 aromatic rings. The van der Waals surface area contributed by atoms with Crippen LogP contribution in [-0.2, 0) is 37.3 Å². The van der Waals surface area contributed by atoms with Gasteiger partial charge >= 0.3 is 6.18 Å². The van der Waals surface area contributed by atoms with Gasteiger partial charge in [0.05, 0.1) is 11.1 Å². The Bertz CT molecular complexity index is 2730. The third-order valence-electron chi connectivity index (χ3n) is 18.1. The van der Waals surface area contributed by atoms with Gasteiger partial charge in [-0.25, -0.2) is 4.39 Å². The van der Waals surface area contributed by atoms with Crippen molar-refractivity contribution >= 4 is 52.5 Å². The Kier molecular flexibility index (Phi) is 12.4. The first-order valence-electron chi connectivity index (χ1n) is 26.1. The number of anilines is 2. The topological polar surface area (TPSA) is 159 Å². The maximum atomic E-state index is 16.4. The predicted molar refractivity (Wildman–Crippen MR) is 265 cm³/mol. The van der Waals surface area contributed by atoms with E-state index in [0.29, 0.717) is 88.2 Å². The van der Waals surface area contributed by atoms with E-state index in [1.165, 1.54) is 12.3 Å². The van der Waals surface area contributed by atoms with Gasteiger partial charge in [-0.3, -0.25) is 39.2 Å². The normalized spacial score (nSPS) is 30.7. The number of likely N-dealkylation sites (tertiary alicyclic amines) is 1. The van der Waals surface area contributed by atoms with Crippen molar-refractivity contribution in [1.82, 2.24) is 35.6 Å². The summed E-state index contributed by atoms with van der Waals surface area (Å²) in [7, 11) is 0. The fourth-order valence-electron chi connectivity index (χ4n) is 14.2. The van der Waals surface area contributed by atoms with E-state index in [4.69, 9.17) is 11.6 Å². The molecule has 6 aliphatic heterocycles. The van der Waals surface area contributed by atoms with E-state index in [-0.39, 0.29) is 58.3 Å². The molecule has 19 heteroatoms. The van der Waals surface area contributed by atoms with Gasteiger partial charge in [-0.1, -0.05) is 44.5 Å². The number of rotatable bonds is 8. The number of amides is 5. The number of benzene rings is 2. The van der Waals surface area contributed by atoms with Gasteiger partial charge < -0.3 is 30.7 Å². The minimum atomic E-state index is -4.67. The molecule has 9 aliphatic rings. The molecule has 4 N–H and O–H groups in total. The number of piperazine rings is 1. The molecule has 1 aromatic heterocycles. The highest BCUT2D eigenvalue weighted by molar-refractivity contribution is 6.30. The average molecular weight is 1030 g/mol. The van der Waals surface area contributed by atoms with Crippen LogP contribution in [0.3, 0.4) is 0 Å². The van der Waals surface area contributed by atoms with Crippen LogP contribution in [0.5, 0.6) is 0 Å². The van der Waals surface area contributed by atoms with Crippen LogP contribution < -0.4 is 26.2 Å². The number of pyridine rings is 1. The summed E-state index contributed by atoms with van der Waals surface area (Å²) in [5.74, 6) is -2.53. The Balaban J connectivity index is 0.720. The lowest BCUT2D eigenvalue weighted by Crippen LogP contribution is -2.63. The molecule has 73 heavy (non-hydrogen) atoms. The van der Waals surface area contributed by atoms with Crippen LogP contribution in [0.25, 0.3) is 0 Å². The average Bonchev–Trinajstić information content (AvgIpc) is 4.02. The molecule has 5 atom stereocenters. The quantitative estimate of drug-likeness (QED) is 0.138. The van der Waals surface area contributed by atoms with Gasteiger partial charge in [-0.2, -0.15) is 13.2 Å². The summed E-state index contributed by atoms with van der Waals surface area (Å²) in [4.78, 5) is 79.5. The highest BCUT2D eigenvalue weighted by Crippen LogP contribution is 2.58. The number of piperidine rings is 2. The summed E-state index contributed by atoms with van der Waals surface area (Å²) < 4.78 is 58.2. The second-order valence-electron chi connectivity index (χ2n) is 23.4. The highest BCUT2D eigenvalue weighted by atomic mass is 35.5. The largest absolute Gasteiger partial charge is 0.433 e. The van der Waals surface area contributed by atoms with E-state index < -0.39 is 64.0 Å². The van der Waals surface area contributed by atoms with Gasteiger partial charge in [0.25, 0.3) is 5.91 Å². The van der Waals surface area contributed by atoms with Crippen LogP contribution in [0, 0.1) is 16.6 Å². The molecule has 2 bridgehead atoms. The lowest BCUT2D eigenvalue weighted by molar-refractivity contribution is -0.152. The number of carbonyl (C=O) groups excluding carboxylic acids is 5. The lowest BCUT2D eigenvalue weighted by atomic mass is 9.56. The first-order valence-corrected chi connectivity index (χ1v) is 26.5. The minimum absolute atomic E-state index is 0.110. The van der Waals surface area contributed by atoms with Crippen LogP contribution in [0.4, 0.5) is 28.9 Å². The molecule has 3 aliphatic carbocycles. The van der Waals surface area contributed by atoms with Crippen molar-refractivity contribution in [3.63, 3.8) is 0 Å². The molecule has 7 fully saturated rings. The summed E-state index contributed by atoms with van der Waals surface area (Å²) in [6, 6.07) is 9.91. The first kappa shape index (κ1) is 49.9. The fourth-order valence-corrected chi connectivity index (χ4v) is 14.4. The molecule has 390 valence electrons. The minimum Gasteiger partial charge on any atom is -0.384 e. The van der Waals surface area contributed by atoms with Crippen molar-refractivity contribution in [2.24, 2.45) is 10.8 Å². The summed E-state index contributed by atoms with van der Waals surface area (Å²) in [5.41, 5.74) is 0.0660. The van der Waals surface area contributed by atoms with E-state index >= 15 is 9.18 Å². The molecular weight excluding hydrogens is 966 g/mol. The maximum absolute atomic E-state index is 16.4. The molecule has 7 heterocycles. The van der Waals surface area contributed by atoms with Crippen LogP contribution in [0.2, 0.25) is 5.02 Å². The van der Waals surface area contributed by atoms with Crippen molar-refractivity contribution in [2.45, 2.75) is 145 Å². The Labute approximate surface area is 427 Å². The second-order valence-corrected chi connectivity index (χ2v) is 23.8. The molecule has 5 amide bonds. The number of nitrogens with zero attached hydrogens (tertiary/aromatic N) is 5. The maximum Gasteiger partial charge on any atom is 0.433 e. The smallest absolute Gasteiger partial charge is 0.384 e. The van der Waals surface area contributed by atoms with E-state index in [1.807, 2.05) is 12.1 Å². The van der Waals surface area contributed by atoms with Crippen molar-refractivity contribution < 1.29 is 41.5 Å². The van der Waals surface area contributed by atoms with Crippen LogP contribution in [-0.4, -0.2) is 125 Å². The number of aromatic nitrogens is 1. The van der Waals surface area contributed by atoms with Gasteiger partial charge in [0.1, 0.15) is 17.6 Å². The number of halogens is 5. The Hall–Kier alpha value is -5.33. The molecule has 0 radical (unpaired) electrons. The Morgan fingerprint density at radius 1 is 0.904 bits per heavy atom. The summed E-state index contributed by atoms with van der Waals surface area (Å²) in [6.45, 7) is 11.5. The molecule has 3 saturated carbocycles. The van der Waals surface area contributed by atoms with Crippen molar-refractivity contribution in [3.05, 3.63) is 87.4 Å². The van der Waals surface area contributed by atoms with Gasteiger partial charge in [0.2, 0.25) is 23.6 Å². The molecule has 1 unspecified atom stereocenters. The third-order valence-corrected chi connectivity index (χ3v) is 18.4. The SMILES string of the molecule is CC(C)(C)C[C@@H]1N[C@@H](C(=O)NC23CCC(C(=O)N4CCC(N5CCN(c6ccc7c(c6)CN(C6CCC(=O)NC6=O)C7=O)CC5)CC4)(CC2)CC3)[C@H](c2cccc(Cl)c2F)[C@]12CNc1cc(C(F)(F)F)ncc12. The number of imide groups is 1. The van der Waals surface area contributed by atoms with Gasteiger partial charge in [0, 0.05) is 122 Å². The van der Waals surface area contributed by atoms with Gasteiger partial charge in [-0.05, 0) is 111 Å². The van der Waals surface area contributed by atoms with Gasteiger partial charge in [-0.15, -0.1) is 0 Å². The molecule has 14 nitrogen and oxygen atoms in total. The van der Waals surface area contributed by atoms with Crippen LogP contribution >= 0.6 is 11.6 Å². The number of hydrogen-bond acceptors (Lipinski definition) is 10. The number of hydrogen-bond donors (Lipinski definition) is 4. The van der Waals surface area contributed by atoms with E-state index in [0.717, 1.165) is 56.3 Å². The predicted octanol–water partition coefficient (Wildman–Crippen LogP) is 6.90. The first-order chi connectivity index (χ1) is 34.7. The van der Waals surface area contributed by atoms with Crippen molar-refractivity contribution in [3.8, 4) is 0 Å². The number of alkyl halides is 3. The van der Waals surface area contributed by atoms with E-state index in [2.05, 4.69) is 67.8 Å². The molecule has 1 spiro atoms.